The molecule has 4 aromatic rings. The standard InChI is InChI=1S/C33H36/c1-3-5-7-8-9-11-27-14-17-33-25-32(23-22-31(33)24-27)30-20-18-29(19-21-30)28-15-12-26(13-16-28)10-6-4-2/h4,12-25H,2-3,5-11H2,1H3. The number of hydrogen-bond donors (Lipinski definition) is 0. The maximum atomic E-state index is 3.81. The fourth-order valence-corrected chi connectivity index (χ4v) is 4.55. The number of hydrogen-bond acceptors (Lipinski definition) is 0. The highest BCUT2D eigenvalue weighted by molar-refractivity contribution is 5.88. The minimum atomic E-state index is 1.03. The Balaban J connectivity index is 1.43. The predicted molar refractivity (Wildman–Crippen MR) is 146 cm³/mol. The number of aryl methyl sites for hydroxylation is 2. The third-order valence-electron chi connectivity index (χ3n) is 6.62. The lowest BCUT2D eigenvalue weighted by Crippen LogP contribution is -1.87. The zero-order valence-electron chi connectivity index (χ0n) is 20.0. The first kappa shape index (κ1) is 23.1. The summed E-state index contributed by atoms with van der Waals surface area (Å²) in [6.07, 6.45) is 12.0. The number of benzene rings is 4. The summed E-state index contributed by atoms with van der Waals surface area (Å²) in [5.74, 6) is 0. The van der Waals surface area contributed by atoms with Crippen molar-refractivity contribution in [3.05, 3.63) is 109 Å². The maximum Gasteiger partial charge on any atom is -0.0178 e. The Bertz CT molecular complexity index is 1160. The molecule has 0 aromatic heterocycles. The van der Waals surface area contributed by atoms with Gasteiger partial charge < -0.3 is 0 Å². The van der Waals surface area contributed by atoms with Crippen molar-refractivity contribution in [2.75, 3.05) is 0 Å². The second kappa shape index (κ2) is 11.7. The van der Waals surface area contributed by atoms with E-state index in [9.17, 15) is 0 Å². The summed E-state index contributed by atoms with van der Waals surface area (Å²) in [5, 5.41) is 2.67. The third kappa shape index (κ3) is 6.23. The van der Waals surface area contributed by atoms with Crippen molar-refractivity contribution in [3.63, 3.8) is 0 Å². The van der Waals surface area contributed by atoms with Crippen LogP contribution in [0, 0.1) is 0 Å². The van der Waals surface area contributed by atoms with Gasteiger partial charge in [-0.2, -0.15) is 0 Å². The lowest BCUT2D eigenvalue weighted by atomic mass is 9.96. The van der Waals surface area contributed by atoms with Crippen LogP contribution in [0.4, 0.5) is 0 Å². The van der Waals surface area contributed by atoms with Gasteiger partial charge >= 0.3 is 0 Å². The Kier molecular flexibility index (Phi) is 8.14. The van der Waals surface area contributed by atoms with E-state index in [1.807, 2.05) is 6.08 Å². The van der Waals surface area contributed by atoms with Gasteiger partial charge in [0, 0.05) is 0 Å². The molecular formula is C33H36. The Hall–Kier alpha value is -3.12. The van der Waals surface area contributed by atoms with E-state index in [-0.39, 0.29) is 0 Å². The van der Waals surface area contributed by atoms with Gasteiger partial charge in [-0.15, -0.1) is 6.58 Å². The van der Waals surface area contributed by atoms with Crippen molar-refractivity contribution in [2.24, 2.45) is 0 Å². The van der Waals surface area contributed by atoms with Crippen LogP contribution in [0.25, 0.3) is 33.0 Å². The molecule has 0 atom stereocenters. The molecule has 0 amide bonds. The quantitative estimate of drug-likeness (QED) is 0.163. The molecule has 4 rings (SSSR count). The molecule has 0 aliphatic rings. The number of fused-ring (bicyclic) bond motifs is 1. The second-order valence-corrected chi connectivity index (χ2v) is 9.16. The first-order valence-electron chi connectivity index (χ1n) is 12.6. The number of rotatable bonds is 11. The molecule has 0 nitrogen and oxygen atoms in total. The molecule has 4 aromatic carbocycles. The topological polar surface area (TPSA) is 0 Å². The summed E-state index contributed by atoms with van der Waals surface area (Å²) in [6, 6.07) is 31.7. The van der Waals surface area contributed by atoms with E-state index in [0.29, 0.717) is 0 Å². The Morgan fingerprint density at radius 3 is 1.79 bits per heavy atom. The molecule has 0 unspecified atom stereocenters. The fourth-order valence-electron chi connectivity index (χ4n) is 4.55. The highest BCUT2D eigenvalue weighted by Gasteiger charge is 2.04. The van der Waals surface area contributed by atoms with E-state index in [1.165, 1.54) is 82.7 Å². The van der Waals surface area contributed by atoms with Gasteiger partial charge in [0.1, 0.15) is 0 Å². The number of unbranched alkanes of at least 4 members (excludes halogenated alkanes) is 4. The average molecular weight is 433 g/mol. The van der Waals surface area contributed by atoms with Crippen molar-refractivity contribution in [1.82, 2.24) is 0 Å². The van der Waals surface area contributed by atoms with E-state index >= 15 is 0 Å². The van der Waals surface area contributed by atoms with Crippen molar-refractivity contribution in [2.45, 2.75) is 58.3 Å². The van der Waals surface area contributed by atoms with Crippen LogP contribution in [0.5, 0.6) is 0 Å². The summed E-state index contributed by atoms with van der Waals surface area (Å²) in [5.41, 5.74) is 7.91. The van der Waals surface area contributed by atoms with Crippen molar-refractivity contribution >= 4 is 10.8 Å². The van der Waals surface area contributed by atoms with E-state index in [4.69, 9.17) is 0 Å². The molecule has 0 heterocycles. The Morgan fingerprint density at radius 1 is 0.545 bits per heavy atom. The van der Waals surface area contributed by atoms with Crippen molar-refractivity contribution in [1.29, 1.82) is 0 Å². The van der Waals surface area contributed by atoms with Gasteiger partial charge in [-0.3, -0.25) is 0 Å². The molecule has 0 bridgehead atoms. The van der Waals surface area contributed by atoms with E-state index in [1.54, 1.807) is 0 Å². The minimum Gasteiger partial charge on any atom is -0.103 e. The molecule has 33 heavy (non-hydrogen) atoms. The molecule has 0 saturated heterocycles. The minimum absolute atomic E-state index is 1.03. The van der Waals surface area contributed by atoms with Crippen LogP contribution in [-0.4, -0.2) is 0 Å². The fraction of sp³-hybridized carbons (Fsp3) is 0.273. The molecule has 0 spiro atoms. The van der Waals surface area contributed by atoms with E-state index < -0.39 is 0 Å². The molecule has 0 fully saturated rings. The van der Waals surface area contributed by atoms with E-state index in [0.717, 1.165) is 12.8 Å². The Morgan fingerprint density at radius 2 is 1.09 bits per heavy atom. The smallest absolute Gasteiger partial charge is 0.0178 e. The van der Waals surface area contributed by atoms with Gasteiger partial charge in [-0.25, -0.2) is 0 Å². The van der Waals surface area contributed by atoms with Crippen LogP contribution in [0.15, 0.2) is 97.6 Å². The van der Waals surface area contributed by atoms with Crippen LogP contribution in [0.2, 0.25) is 0 Å². The van der Waals surface area contributed by atoms with Gasteiger partial charge in [0.25, 0.3) is 0 Å². The van der Waals surface area contributed by atoms with Crippen molar-refractivity contribution < 1.29 is 0 Å². The normalized spacial score (nSPS) is 11.1. The zero-order valence-corrected chi connectivity index (χ0v) is 20.0. The summed E-state index contributed by atoms with van der Waals surface area (Å²) >= 11 is 0. The lowest BCUT2D eigenvalue weighted by Gasteiger charge is -2.09. The summed E-state index contributed by atoms with van der Waals surface area (Å²) in [7, 11) is 0. The van der Waals surface area contributed by atoms with Crippen LogP contribution in [-0.2, 0) is 12.8 Å². The first-order chi connectivity index (χ1) is 16.3. The molecule has 0 saturated carbocycles. The average Bonchev–Trinajstić information content (AvgIpc) is 2.87. The monoisotopic (exact) mass is 432 g/mol. The Labute approximate surface area is 200 Å². The first-order valence-corrected chi connectivity index (χ1v) is 12.6. The van der Waals surface area contributed by atoms with Crippen LogP contribution >= 0.6 is 0 Å². The zero-order chi connectivity index (χ0) is 22.9. The largest absolute Gasteiger partial charge is 0.103 e. The van der Waals surface area contributed by atoms with Crippen molar-refractivity contribution in [3.8, 4) is 22.3 Å². The molecule has 168 valence electrons. The summed E-state index contributed by atoms with van der Waals surface area (Å²) < 4.78 is 0. The van der Waals surface area contributed by atoms with Gasteiger partial charge in [0.05, 0.1) is 0 Å². The van der Waals surface area contributed by atoms with E-state index in [2.05, 4.69) is 98.4 Å². The van der Waals surface area contributed by atoms with Crippen LogP contribution < -0.4 is 0 Å². The second-order valence-electron chi connectivity index (χ2n) is 9.16. The lowest BCUT2D eigenvalue weighted by molar-refractivity contribution is 0.632. The molecule has 0 radical (unpaired) electrons. The number of allylic oxidation sites excluding steroid dienone is 1. The predicted octanol–water partition coefficient (Wildman–Crippen LogP) is 9.81. The highest BCUT2D eigenvalue weighted by atomic mass is 14.1. The van der Waals surface area contributed by atoms with Crippen LogP contribution in [0.1, 0.15) is 56.6 Å². The molecule has 0 aliphatic carbocycles. The molecular weight excluding hydrogens is 396 g/mol. The summed E-state index contributed by atoms with van der Waals surface area (Å²) in [4.78, 5) is 0. The molecule has 0 heteroatoms. The summed E-state index contributed by atoms with van der Waals surface area (Å²) in [6.45, 7) is 6.09. The highest BCUT2D eigenvalue weighted by Crippen LogP contribution is 2.28. The van der Waals surface area contributed by atoms with Gasteiger partial charge in [-0.1, -0.05) is 118 Å². The van der Waals surface area contributed by atoms with Gasteiger partial charge in [-0.05, 0) is 75.9 Å². The molecule has 0 N–H and O–H groups in total. The molecule has 0 aliphatic heterocycles. The van der Waals surface area contributed by atoms with Crippen LogP contribution in [0.3, 0.4) is 0 Å². The SMILES string of the molecule is C=CCCc1ccc(-c2ccc(-c3ccc4cc(CCCCCCC)ccc4c3)cc2)cc1. The maximum absolute atomic E-state index is 3.81. The van der Waals surface area contributed by atoms with Gasteiger partial charge in [0.15, 0.2) is 0 Å². The van der Waals surface area contributed by atoms with Gasteiger partial charge in [0.2, 0.25) is 0 Å². The third-order valence-corrected chi connectivity index (χ3v) is 6.62.